The van der Waals surface area contributed by atoms with Crippen LogP contribution in [0.5, 0.6) is 0 Å². The Morgan fingerprint density at radius 2 is 1.91 bits per heavy atom. The third-order valence-corrected chi connectivity index (χ3v) is 3.61. The second kappa shape index (κ2) is 8.12. The largest absolute Gasteiger partial charge is 0.455 e. The molecule has 0 fully saturated rings. The first kappa shape index (κ1) is 16.7. The van der Waals surface area contributed by atoms with Gasteiger partial charge in [-0.1, -0.05) is 12.2 Å². The molecule has 0 radical (unpaired) electrons. The monoisotopic (exact) mass is 316 g/mol. The maximum atomic E-state index is 11.8. The van der Waals surface area contributed by atoms with Crippen LogP contribution in [0.3, 0.4) is 0 Å². The Morgan fingerprint density at radius 1 is 1.17 bits per heavy atom. The molecule has 0 aliphatic heterocycles. The van der Waals surface area contributed by atoms with E-state index in [1.54, 1.807) is 31.3 Å². The van der Waals surface area contributed by atoms with E-state index in [9.17, 15) is 14.4 Å². The zero-order chi connectivity index (χ0) is 16.7. The Labute approximate surface area is 134 Å². The van der Waals surface area contributed by atoms with Crippen molar-refractivity contribution in [2.24, 2.45) is 5.92 Å². The van der Waals surface area contributed by atoms with Crippen LogP contribution in [0, 0.1) is 5.92 Å². The van der Waals surface area contributed by atoms with Crippen molar-refractivity contribution in [3.63, 3.8) is 0 Å². The smallest absolute Gasteiger partial charge is 0.309 e. The van der Waals surface area contributed by atoms with E-state index in [0.29, 0.717) is 17.7 Å². The molecule has 1 atom stereocenters. The van der Waals surface area contributed by atoms with E-state index in [1.165, 1.54) is 0 Å². The molecule has 23 heavy (non-hydrogen) atoms. The minimum Gasteiger partial charge on any atom is -0.455 e. The SMILES string of the molecule is CNC(=O)c1ccc(NC(=O)COC(=O)[C@H]2CC=CCC2)cc1. The van der Waals surface area contributed by atoms with Gasteiger partial charge in [-0.05, 0) is 43.5 Å². The molecule has 0 aromatic heterocycles. The average molecular weight is 316 g/mol. The van der Waals surface area contributed by atoms with Crippen molar-refractivity contribution in [2.45, 2.75) is 19.3 Å². The van der Waals surface area contributed by atoms with E-state index >= 15 is 0 Å². The first-order chi connectivity index (χ1) is 11.1. The number of allylic oxidation sites excluding steroid dienone is 2. The Kier molecular flexibility index (Phi) is 5.91. The molecule has 1 aliphatic rings. The summed E-state index contributed by atoms with van der Waals surface area (Å²) in [7, 11) is 1.55. The van der Waals surface area contributed by atoms with Crippen molar-refractivity contribution < 1.29 is 19.1 Å². The van der Waals surface area contributed by atoms with Gasteiger partial charge in [0.15, 0.2) is 6.61 Å². The third-order valence-electron chi connectivity index (χ3n) is 3.61. The number of amides is 2. The molecule has 2 amide bonds. The summed E-state index contributed by atoms with van der Waals surface area (Å²) in [5, 5.41) is 5.14. The van der Waals surface area contributed by atoms with Crippen molar-refractivity contribution >= 4 is 23.5 Å². The highest BCUT2D eigenvalue weighted by Crippen LogP contribution is 2.19. The number of nitrogens with one attached hydrogen (secondary N) is 2. The van der Waals surface area contributed by atoms with Crippen LogP contribution in [-0.2, 0) is 14.3 Å². The topological polar surface area (TPSA) is 84.5 Å². The number of benzene rings is 1. The Hall–Kier alpha value is -2.63. The second-order valence-corrected chi connectivity index (χ2v) is 5.29. The van der Waals surface area contributed by atoms with Crippen LogP contribution in [-0.4, -0.2) is 31.4 Å². The molecule has 0 bridgehead atoms. The summed E-state index contributed by atoms with van der Waals surface area (Å²) in [5.41, 5.74) is 1.04. The maximum absolute atomic E-state index is 11.8. The van der Waals surface area contributed by atoms with Crippen LogP contribution in [0.25, 0.3) is 0 Å². The number of rotatable bonds is 5. The zero-order valence-electron chi connectivity index (χ0n) is 13.0. The van der Waals surface area contributed by atoms with Gasteiger partial charge in [-0.25, -0.2) is 0 Å². The molecule has 1 aromatic carbocycles. The standard InChI is InChI=1S/C17H20N2O4/c1-18-16(21)12-7-9-14(10-8-12)19-15(20)11-23-17(22)13-5-3-2-4-6-13/h2-3,7-10,13H,4-6,11H2,1H3,(H,18,21)(H,19,20)/t13-/m0/s1. The lowest BCUT2D eigenvalue weighted by Crippen LogP contribution is -2.25. The molecule has 6 heteroatoms. The highest BCUT2D eigenvalue weighted by Gasteiger charge is 2.20. The summed E-state index contributed by atoms with van der Waals surface area (Å²) in [4.78, 5) is 35.0. The van der Waals surface area contributed by atoms with Gasteiger partial charge in [0.1, 0.15) is 0 Å². The molecule has 122 valence electrons. The zero-order valence-corrected chi connectivity index (χ0v) is 13.0. The lowest BCUT2D eigenvalue weighted by Gasteiger charge is -2.16. The summed E-state index contributed by atoms with van der Waals surface area (Å²) >= 11 is 0. The lowest BCUT2D eigenvalue weighted by atomic mass is 9.95. The van der Waals surface area contributed by atoms with Gasteiger partial charge < -0.3 is 15.4 Å². The molecule has 2 rings (SSSR count). The number of carbonyl (C=O) groups is 3. The van der Waals surface area contributed by atoms with Gasteiger partial charge in [-0.2, -0.15) is 0 Å². The third kappa shape index (κ3) is 4.95. The van der Waals surface area contributed by atoms with Gasteiger partial charge in [0.05, 0.1) is 5.92 Å². The van der Waals surface area contributed by atoms with Gasteiger partial charge in [-0.3, -0.25) is 14.4 Å². The van der Waals surface area contributed by atoms with Crippen molar-refractivity contribution in [3.8, 4) is 0 Å². The fraction of sp³-hybridized carbons (Fsp3) is 0.353. The number of hydrogen-bond acceptors (Lipinski definition) is 4. The van der Waals surface area contributed by atoms with Crippen molar-refractivity contribution in [3.05, 3.63) is 42.0 Å². The van der Waals surface area contributed by atoms with E-state index < -0.39 is 5.91 Å². The van der Waals surface area contributed by atoms with E-state index in [-0.39, 0.29) is 24.4 Å². The molecule has 1 aliphatic carbocycles. The molecular formula is C17H20N2O4. The Morgan fingerprint density at radius 3 is 2.52 bits per heavy atom. The van der Waals surface area contributed by atoms with Crippen LogP contribution in [0.2, 0.25) is 0 Å². The minimum atomic E-state index is -0.405. The van der Waals surface area contributed by atoms with Crippen LogP contribution in [0.1, 0.15) is 29.6 Å². The van der Waals surface area contributed by atoms with Crippen molar-refractivity contribution in [2.75, 3.05) is 19.0 Å². The van der Waals surface area contributed by atoms with Gasteiger partial charge in [0.2, 0.25) is 0 Å². The van der Waals surface area contributed by atoms with Gasteiger partial charge in [-0.15, -0.1) is 0 Å². The fourth-order valence-electron chi connectivity index (χ4n) is 2.31. The molecular weight excluding hydrogens is 296 g/mol. The second-order valence-electron chi connectivity index (χ2n) is 5.29. The first-order valence-corrected chi connectivity index (χ1v) is 7.54. The number of hydrogen-bond donors (Lipinski definition) is 2. The molecule has 2 N–H and O–H groups in total. The first-order valence-electron chi connectivity index (χ1n) is 7.54. The highest BCUT2D eigenvalue weighted by atomic mass is 16.5. The molecule has 0 saturated carbocycles. The predicted molar refractivity (Wildman–Crippen MR) is 85.9 cm³/mol. The fourth-order valence-corrected chi connectivity index (χ4v) is 2.31. The summed E-state index contributed by atoms with van der Waals surface area (Å²) < 4.78 is 5.05. The van der Waals surface area contributed by atoms with Gasteiger partial charge in [0, 0.05) is 18.3 Å². The minimum absolute atomic E-state index is 0.153. The maximum Gasteiger partial charge on any atom is 0.309 e. The van der Waals surface area contributed by atoms with Crippen LogP contribution in [0.15, 0.2) is 36.4 Å². The van der Waals surface area contributed by atoms with Gasteiger partial charge in [0.25, 0.3) is 11.8 Å². The summed E-state index contributed by atoms with van der Waals surface area (Å²) in [5.74, 6) is -1.09. The molecule has 0 saturated heterocycles. The number of ether oxygens (including phenoxy) is 1. The van der Waals surface area contributed by atoms with Gasteiger partial charge >= 0.3 is 5.97 Å². The highest BCUT2D eigenvalue weighted by molar-refractivity contribution is 5.96. The predicted octanol–water partition coefficient (Wildman–Crippen LogP) is 1.88. The normalized spacial score (nSPS) is 16.5. The van der Waals surface area contributed by atoms with E-state index in [4.69, 9.17) is 4.74 Å². The molecule has 0 heterocycles. The van der Waals surface area contributed by atoms with Crippen molar-refractivity contribution in [1.82, 2.24) is 5.32 Å². The Balaban J connectivity index is 1.79. The summed E-state index contributed by atoms with van der Waals surface area (Å²) in [6.45, 7) is -0.309. The van der Waals surface area contributed by atoms with Crippen molar-refractivity contribution in [1.29, 1.82) is 0 Å². The molecule has 1 aromatic rings. The van der Waals surface area contributed by atoms with Crippen LogP contribution in [0.4, 0.5) is 5.69 Å². The average Bonchev–Trinajstić information content (AvgIpc) is 2.60. The number of esters is 1. The van der Waals surface area contributed by atoms with Crippen LogP contribution >= 0.6 is 0 Å². The molecule has 0 unspecified atom stereocenters. The number of anilines is 1. The summed E-state index contributed by atoms with van der Waals surface area (Å²) in [6, 6.07) is 6.45. The van der Waals surface area contributed by atoms with E-state index in [0.717, 1.165) is 12.8 Å². The Bertz CT molecular complexity index is 608. The lowest BCUT2D eigenvalue weighted by molar-refractivity contribution is -0.151. The molecule has 0 spiro atoms. The quantitative estimate of drug-likeness (QED) is 0.642. The van der Waals surface area contributed by atoms with Crippen LogP contribution < -0.4 is 10.6 Å². The van der Waals surface area contributed by atoms with E-state index in [2.05, 4.69) is 10.6 Å². The van der Waals surface area contributed by atoms with E-state index in [1.807, 2.05) is 12.2 Å². The molecule has 6 nitrogen and oxygen atoms in total. The number of carbonyl (C=O) groups excluding carboxylic acids is 3. The summed E-state index contributed by atoms with van der Waals surface area (Å²) in [6.07, 6.45) is 6.30.